The molecule has 0 fully saturated rings. The van der Waals surface area contributed by atoms with Crippen molar-refractivity contribution < 1.29 is 9.52 Å². The van der Waals surface area contributed by atoms with Crippen molar-refractivity contribution in [3.8, 4) is 0 Å². The lowest BCUT2D eigenvalue weighted by atomic mass is 10.2. The summed E-state index contributed by atoms with van der Waals surface area (Å²) in [5.74, 6) is 0.765. The van der Waals surface area contributed by atoms with Gasteiger partial charge < -0.3 is 9.52 Å². The lowest BCUT2D eigenvalue weighted by Gasteiger charge is -2.13. The van der Waals surface area contributed by atoms with E-state index in [-0.39, 0.29) is 6.61 Å². The topological polar surface area (TPSA) is 49.5 Å². The summed E-state index contributed by atoms with van der Waals surface area (Å²) in [6.45, 7) is 2.02. The second kappa shape index (κ2) is 6.52. The van der Waals surface area contributed by atoms with Crippen LogP contribution in [0.3, 0.4) is 0 Å². The van der Waals surface area contributed by atoms with E-state index in [1.165, 1.54) is 0 Å². The van der Waals surface area contributed by atoms with Crippen molar-refractivity contribution in [2.75, 3.05) is 20.2 Å². The van der Waals surface area contributed by atoms with Crippen molar-refractivity contribution in [1.82, 2.24) is 9.88 Å². The standard InChI is InChI=1S/C14H20N2O2/c1-16(9-5-2-6-10-17)11-14-15-12-7-3-4-8-13(12)18-14/h3-4,7-8,17H,2,5-6,9-11H2,1H3. The Morgan fingerprint density at radius 1 is 1.22 bits per heavy atom. The van der Waals surface area contributed by atoms with E-state index in [9.17, 15) is 0 Å². The molecule has 0 saturated heterocycles. The third kappa shape index (κ3) is 3.55. The second-order valence-electron chi connectivity index (χ2n) is 4.60. The van der Waals surface area contributed by atoms with Gasteiger partial charge >= 0.3 is 0 Å². The fourth-order valence-corrected chi connectivity index (χ4v) is 1.97. The molecular formula is C14H20N2O2. The molecule has 0 aliphatic heterocycles. The number of fused-ring (bicyclic) bond motifs is 1. The summed E-state index contributed by atoms with van der Waals surface area (Å²) in [6.07, 6.45) is 3.04. The number of benzene rings is 1. The van der Waals surface area contributed by atoms with Crippen molar-refractivity contribution in [3.63, 3.8) is 0 Å². The summed E-state index contributed by atoms with van der Waals surface area (Å²) in [5, 5.41) is 8.71. The molecule has 2 rings (SSSR count). The number of nitrogens with zero attached hydrogens (tertiary/aromatic N) is 2. The fraction of sp³-hybridized carbons (Fsp3) is 0.500. The van der Waals surface area contributed by atoms with E-state index < -0.39 is 0 Å². The van der Waals surface area contributed by atoms with E-state index in [0.29, 0.717) is 0 Å². The zero-order valence-electron chi connectivity index (χ0n) is 10.8. The number of aromatic nitrogens is 1. The van der Waals surface area contributed by atoms with E-state index in [4.69, 9.17) is 9.52 Å². The van der Waals surface area contributed by atoms with Gasteiger partial charge in [0.2, 0.25) is 5.89 Å². The van der Waals surface area contributed by atoms with Crippen molar-refractivity contribution in [2.24, 2.45) is 0 Å². The minimum absolute atomic E-state index is 0.287. The van der Waals surface area contributed by atoms with Crippen molar-refractivity contribution in [1.29, 1.82) is 0 Å². The van der Waals surface area contributed by atoms with Gasteiger partial charge in [-0.15, -0.1) is 0 Å². The first-order valence-corrected chi connectivity index (χ1v) is 6.43. The SMILES string of the molecule is CN(CCCCCO)Cc1nc2ccccc2o1. The van der Waals surface area contributed by atoms with E-state index in [1.54, 1.807) is 0 Å². The quantitative estimate of drug-likeness (QED) is 0.764. The predicted octanol–water partition coefficient (Wildman–Crippen LogP) is 2.42. The lowest BCUT2D eigenvalue weighted by Crippen LogP contribution is -2.19. The minimum Gasteiger partial charge on any atom is -0.439 e. The van der Waals surface area contributed by atoms with Crippen LogP contribution in [0.15, 0.2) is 28.7 Å². The highest BCUT2D eigenvalue weighted by molar-refractivity contribution is 5.72. The van der Waals surface area contributed by atoms with Gasteiger partial charge in [-0.25, -0.2) is 4.98 Å². The third-order valence-electron chi connectivity index (χ3n) is 2.94. The third-order valence-corrected chi connectivity index (χ3v) is 2.94. The molecule has 0 saturated carbocycles. The summed E-state index contributed by atoms with van der Waals surface area (Å²) in [4.78, 5) is 6.65. The zero-order chi connectivity index (χ0) is 12.8. The maximum atomic E-state index is 8.71. The molecular weight excluding hydrogens is 228 g/mol. The van der Waals surface area contributed by atoms with Crippen LogP contribution in [0.2, 0.25) is 0 Å². The molecule has 4 heteroatoms. The zero-order valence-corrected chi connectivity index (χ0v) is 10.8. The Bertz CT molecular complexity index is 448. The van der Waals surface area contributed by atoms with Crippen molar-refractivity contribution in [2.45, 2.75) is 25.8 Å². The number of unbranched alkanes of at least 4 members (excludes halogenated alkanes) is 2. The second-order valence-corrected chi connectivity index (χ2v) is 4.60. The Morgan fingerprint density at radius 3 is 2.83 bits per heavy atom. The number of hydrogen-bond donors (Lipinski definition) is 1. The Labute approximate surface area is 107 Å². The molecule has 0 aliphatic carbocycles. The monoisotopic (exact) mass is 248 g/mol. The van der Waals surface area contributed by atoms with Crippen LogP contribution >= 0.6 is 0 Å². The molecule has 18 heavy (non-hydrogen) atoms. The van der Waals surface area contributed by atoms with Crippen LogP contribution in [-0.4, -0.2) is 35.2 Å². The van der Waals surface area contributed by atoms with Crippen LogP contribution in [0.4, 0.5) is 0 Å². The van der Waals surface area contributed by atoms with Crippen LogP contribution in [0.1, 0.15) is 25.2 Å². The van der Waals surface area contributed by atoms with E-state index in [2.05, 4.69) is 16.9 Å². The summed E-state index contributed by atoms with van der Waals surface area (Å²) in [5.41, 5.74) is 1.77. The molecule has 1 aromatic carbocycles. The molecule has 1 aromatic heterocycles. The molecule has 98 valence electrons. The van der Waals surface area contributed by atoms with Gasteiger partial charge in [0.25, 0.3) is 0 Å². The highest BCUT2D eigenvalue weighted by Gasteiger charge is 2.07. The summed E-state index contributed by atoms with van der Waals surface area (Å²) in [7, 11) is 2.06. The highest BCUT2D eigenvalue weighted by Crippen LogP contribution is 2.15. The van der Waals surface area contributed by atoms with Gasteiger partial charge in [-0.2, -0.15) is 0 Å². The minimum atomic E-state index is 0.287. The van der Waals surface area contributed by atoms with Crippen LogP contribution in [0.25, 0.3) is 11.1 Å². The van der Waals surface area contributed by atoms with E-state index in [1.807, 2.05) is 24.3 Å². The van der Waals surface area contributed by atoms with Crippen molar-refractivity contribution in [3.05, 3.63) is 30.2 Å². The Morgan fingerprint density at radius 2 is 2.06 bits per heavy atom. The largest absolute Gasteiger partial charge is 0.439 e. The first-order chi connectivity index (χ1) is 8.79. The number of aliphatic hydroxyl groups is 1. The number of hydrogen-bond acceptors (Lipinski definition) is 4. The van der Waals surface area contributed by atoms with Gasteiger partial charge in [0.1, 0.15) is 5.52 Å². The molecule has 1 N–H and O–H groups in total. The van der Waals surface area contributed by atoms with Gasteiger partial charge in [0.15, 0.2) is 5.58 Å². The van der Waals surface area contributed by atoms with Crippen molar-refractivity contribution >= 4 is 11.1 Å². The molecule has 0 unspecified atom stereocenters. The molecule has 0 amide bonds. The summed E-state index contributed by atoms with van der Waals surface area (Å²) >= 11 is 0. The number of aliphatic hydroxyl groups excluding tert-OH is 1. The predicted molar refractivity (Wildman–Crippen MR) is 71.3 cm³/mol. The average Bonchev–Trinajstić information content (AvgIpc) is 2.76. The van der Waals surface area contributed by atoms with Gasteiger partial charge in [-0.05, 0) is 45.0 Å². The van der Waals surface area contributed by atoms with Crippen LogP contribution < -0.4 is 0 Å². The Kier molecular flexibility index (Phi) is 4.73. The highest BCUT2D eigenvalue weighted by atomic mass is 16.3. The summed E-state index contributed by atoms with van der Waals surface area (Å²) < 4.78 is 5.67. The fourth-order valence-electron chi connectivity index (χ4n) is 1.97. The molecule has 2 aromatic rings. The molecule has 4 nitrogen and oxygen atoms in total. The molecule has 0 atom stereocenters. The molecule has 1 heterocycles. The van der Waals surface area contributed by atoms with E-state index >= 15 is 0 Å². The average molecular weight is 248 g/mol. The number of para-hydroxylation sites is 2. The van der Waals surface area contributed by atoms with Gasteiger partial charge in [-0.3, -0.25) is 4.90 Å². The number of rotatable bonds is 7. The Balaban J connectivity index is 1.84. The van der Waals surface area contributed by atoms with Crippen LogP contribution in [0.5, 0.6) is 0 Å². The molecule has 0 aliphatic rings. The van der Waals surface area contributed by atoms with Gasteiger partial charge in [0, 0.05) is 6.61 Å². The smallest absolute Gasteiger partial charge is 0.209 e. The lowest BCUT2D eigenvalue weighted by molar-refractivity contribution is 0.262. The molecule has 0 spiro atoms. The van der Waals surface area contributed by atoms with Crippen LogP contribution in [-0.2, 0) is 6.54 Å². The van der Waals surface area contributed by atoms with Crippen LogP contribution in [0, 0.1) is 0 Å². The Hall–Kier alpha value is -1.39. The van der Waals surface area contributed by atoms with Gasteiger partial charge in [-0.1, -0.05) is 12.1 Å². The van der Waals surface area contributed by atoms with E-state index in [0.717, 1.165) is 49.3 Å². The first kappa shape index (κ1) is 13.1. The first-order valence-electron chi connectivity index (χ1n) is 6.43. The summed E-state index contributed by atoms with van der Waals surface area (Å²) in [6, 6.07) is 7.82. The normalized spacial score (nSPS) is 11.5. The molecule has 0 radical (unpaired) electrons. The van der Waals surface area contributed by atoms with Gasteiger partial charge in [0.05, 0.1) is 6.54 Å². The molecule has 0 bridgehead atoms. The maximum Gasteiger partial charge on any atom is 0.209 e. The number of oxazole rings is 1. The maximum absolute atomic E-state index is 8.71.